The molecule has 0 saturated carbocycles. The molecule has 0 aromatic heterocycles. The lowest BCUT2D eigenvalue weighted by molar-refractivity contribution is -0.127. The lowest BCUT2D eigenvalue weighted by Gasteiger charge is -2.40. The molecular weight excluding hydrogens is 262 g/mol. The number of amides is 1. The van der Waals surface area contributed by atoms with Gasteiger partial charge in [-0.05, 0) is 44.4 Å². The van der Waals surface area contributed by atoms with Gasteiger partial charge in [-0.25, -0.2) is 0 Å². The van der Waals surface area contributed by atoms with Crippen LogP contribution >= 0.6 is 0 Å². The Labute approximate surface area is 127 Å². The maximum absolute atomic E-state index is 12.1. The van der Waals surface area contributed by atoms with Gasteiger partial charge < -0.3 is 10.6 Å². The molecule has 4 heteroatoms. The number of rotatable bonds is 3. The lowest BCUT2D eigenvalue weighted by Crippen LogP contribution is -2.58. The molecule has 1 fully saturated rings. The molecule has 4 nitrogen and oxygen atoms in total. The van der Waals surface area contributed by atoms with E-state index >= 15 is 0 Å². The van der Waals surface area contributed by atoms with Crippen LogP contribution in [0.5, 0.6) is 0 Å². The Balaban J connectivity index is 2.33. The minimum atomic E-state index is -0.0983. The number of aryl methyl sites for hydroxylation is 3. The molecule has 1 heterocycles. The Kier molecular flexibility index (Phi) is 5.01. The van der Waals surface area contributed by atoms with Crippen LogP contribution in [0.25, 0.3) is 0 Å². The van der Waals surface area contributed by atoms with E-state index in [0.29, 0.717) is 6.54 Å². The van der Waals surface area contributed by atoms with Crippen LogP contribution in [0.15, 0.2) is 12.1 Å². The standard InChI is InChI=1S/C17H27N3O/c1-11-8-12(2)16(13(3)9-11)14(4)20-7-6-19-10-15(20)17(21)18-5/h8-9,14-15,19H,6-7,10H2,1-5H3,(H,18,21). The molecule has 1 saturated heterocycles. The highest BCUT2D eigenvalue weighted by molar-refractivity contribution is 5.82. The second-order valence-electron chi connectivity index (χ2n) is 6.06. The van der Waals surface area contributed by atoms with Gasteiger partial charge in [-0.2, -0.15) is 0 Å². The number of nitrogens with one attached hydrogen (secondary N) is 2. The summed E-state index contributed by atoms with van der Waals surface area (Å²) in [6.45, 7) is 11.2. The summed E-state index contributed by atoms with van der Waals surface area (Å²) in [6.07, 6.45) is 0. The van der Waals surface area contributed by atoms with Gasteiger partial charge in [0, 0.05) is 32.7 Å². The number of carbonyl (C=O) groups is 1. The van der Waals surface area contributed by atoms with Crippen molar-refractivity contribution in [3.05, 3.63) is 34.4 Å². The molecule has 0 radical (unpaired) electrons. The quantitative estimate of drug-likeness (QED) is 0.890. The Morgan fingerprint density at radius 1 is 1.33 bits per heavy atom. The molecule has 1 amide bonds. The number of hydrogen-bond acceptors (Lipinski definition) is 3. The summed E-state index contributed by atoms with van der Waals surface area (Å²) in [5.74, 6) is 0.0940. The average Bonchev–Trinajstić information content (AvgIpc) is 2.45. The van der Waals surface area contributed by atoms with Gasteiger partial charge in [0.05, 0.1) is 0 Å². The van der Waals surface area contributed by atoms with Crippen LogP contribution in [-0.2, 0) is 4.79 Å². The monoisotopic (exact) mass is 289 g/mol. The number of carbonyl (C=O) groups excluding carboxylic acids is 1. The molecule has 21 heavy (non-hydrogen) atoms. The maximum atomic E-state index is 12.1. The number of piperazine rings is 1. The number of benzene rings is 1. The van der Waals surface area contributed by atoms with Crippen molar-refractivity contribution in [2.24, 2.45) is 0 Å². The Hall–Kier alpha value is -1.39. The lowest BCUT2D eigenvalue weighted by atomic mass is 9.92. The van der Waals surface area contributed by atoms with E-state index in [1.165, 1.54) is 22.3 Å². The Bertz CT molecular complexity index is 504. The molecule has 1 aliphatic rings. The van der Waals surface area contributed by atoms with E-state index in [-0.39, 0.29) is 18.0 Å². The van der Waals surface area contributed by atoms with Gasteiger partial charge in [0.2, 0.25) is 5.91 Å². The van der Waals surface area contributed by atoms with E-state index in [9.17, 15) is 4.79 Å². The van der Waals surface area contributed by atoms with Crippen molar-refractivity contribution in [3.63, 3.8) is 0 Å². The predicted molar refractivity (Wildman–Crippen MR) is 86.5 cm³/mol. The van der Waals surface area contributed by atoms with Crippen LogP contribution in [0, 0.1) is 20.8 Å². The molecule has 1 aromatic rings. The van der Waals surface area contributed by atoms with Gasteiger partial charge >= 0.3 is 0 Å². The van der Waals surface area contributed by atoms with Crippen molar-refractivity contribution in [1.29, 1.82) is 0 Å². The molecular formula is C17H27N3O. The maximum Gasteiger partial charge on any atom is 0.238 e. The first-order chi connectivity index (χ1) is 9.95. The first-order valence-corrected chi connectivity index (χ1v) is 7.71. The zero-order valence-electron chi connectivity index (χ0n) is 13.8. The normalized spacial score (nSPS) is 21.1. The Morgan fingerprint density at radius 3 is 2.52 bits per heavy atom. The van der Waals surface area contributed by atoms with E-state index < -0.39 is 0 Å². The smallest absolute Gasteiger partial charge is 0.238 e. The van der Waals surface area contributed by atoms with E-state index in [2.05, 4.69) is 55.4 Å². The van der Waals surface area contributed by atoms with Crippen LogP contribution in [-0.4, -0.2) is 43.5 Å². The summed E-state index contributed by atoms with van der Waals surface area (Å²) in [6, 6.07) is 4.61. The van der Waals surface area contributed by atoms with Crippen LogP contribution in [0.4, 0.5) is 0 Å². The van der Waals surface area contributed by atoms with Crippen LogP contribution in [0.3, 0.4) is 0 Å². The van der Waals surface area contributed by atoms with E-state index in [0.717, 1.165) is 13.1 Å². The van der Waals surface area contributed by atoms with Crippen molar-refractivity contribution < 1.29 is 4.79 Å². The molecule has 2 atom stereocenters. The second kappa shape index (κ2) is 6.58. The highest BCUT2D eigenvalue weighted by Gasteiger charge is 2.32. The second-order valence-corrected chi connectivity index (χ2v) is 6.06. The van der Waals surface area contributed by atoms with Gasteiger partial charge in [0.1, 0.15) is 6.04 Å². The molecule has 0 bridgehead atoms. The largest absolute Gasteiger partial charge is 0.358 e. The molecule has 1 aliphatic heterocycles. The van der Waals surface area contributed by atoms with Gasteiger partial charge in [0.25, 0.3) is 0 Å². The summed E-state index contributed by atoms with van der Waals surface area (Å²) in [5, 5.41) is 6.11. The highest BCUT2D eigenvalue weighted by atomic mass is 16.2. The zero-order chi connectivity index (χ0) is 15.6. The van der Waals surface area contributed by atoms with E-state index in [1.54, 1.807) is 7.05 Å². The van der Waals surface area contributed by atoms with E-state index in [4.69, 9.17) is 0 Å². The summed E-state index contributed by atoms with van der Waals surface area (Å²) in [4.78, 5) is 14.5. The van der Waals surface area contributed by atoms with Crippen LogP contribution in [0.2, 0.25) is 0 Å². The first kappa shape index (κ1) is 16.0. The van der Waals surface area contributed by atoms with Crippen molar-refractivity contribution in [1.82, 2.24) is 15.5 Å². The van der Waals surface area contributed by atoms with Crippen molar-refractivity contribution in [2.45, 2.75) is 39.8 Å². The highest BCUT2D eigenvalue weighted by Crippen LogP contribution is 2.29. The fraction of sp³-hybridized carbons (Fsp3) is 0.588. The topological polar surface area (TPSA) is 44.4 Å². The van der Waals surface area contributed by atoms with Crippen molar-refractivity contribution in [3.8, 4) is 0 Å². The van der Waals surface area contributed by atoms with E-state index in [1.807, 2.05) is 0 Å². The van der Waals surface area contributed by atoms with Gasteiger partial charge in [-0.3, -0.25) is 9.69 Å². The molecule has 0 aliphatic carbocycles. The summed E-state index contributed by atoms with van der Waals surface area (Å²) in [5.41, 5.74) is 5.28. The predicted octanol–water partition coefficient (Wildman–Crippen LogP) is 1.69. The molecule has 116 valence electrons. The molecule has 2 rings (SSSR count). The van der Waals surface area contributed by atoms with Gasteiger partial charge in [-0.1, -0.05) is 17.7 Å². The fourth-order valence-corrected chi connectivity index (χ4v) is 3.61. The van der Waals surface area contributed by atoms with Crippen molar-refractivity contribution in [2.75, 3.05) is 26.7 Å². The number of nitrogens with zero attached hydrogens (tertiary/aromatic N) is 1. The molecule has 1 aromatic carbocycles. The minimum Gasteiger partial charge on any atom is -0.358 e. The third kappa shape index (κ3) is 3.27. The van der Waals surface area contributed by atoms with Crippen LogP contribution < -0.4 is 10.6 Å². The Morgan fingerprint density at radius 2 is 1.95 bits per heavy atom. The summed E-state index contributed by atoms with van der Waals surface area (Å²) >= 11 is 0. The fourth-order valence-electron chi connectivity index (χ4n) is 3.61. The number of hydrogen-bond donors (Lipinski definition) is 2. The zero-order valence-corrected chi connectivity index (χ0v) is 13.8. The van der Waals surface area contributed by atoms with Gasteiger partial charge in [-0.15, -0.1) is 0 Å². The summed E-state index contributed by atoms with van der Waals surface area (Å²) < 4.78 is 0. The van der Waals surface area contributed by atoms with Crippen molar-refractivity contribution >= 4 is 5.91 Å². The summed E-state index contributed by atoms with van der Waals surface area (Å²) in [7, 11) is 1.71. The van der Waals surface area contributed by atoms with Crippen LogP contribution in [0.1, 0.15) is 35.2 Å². The minimum absolute atomic E-state index is 0.0940. The third-order valence-electron chi connectivity index (χ3n) is 4.49. The molecule has 2 N–H and O–H groups in total. The number of likely N-dealkylation sites (N-methyl/N-ethyl adjacent to an activating group) is 1. The molecule has 2 unspecified atom stereocenters. The molecule has 0 spiro atoms. The van der Waals surface area contributed by atoms with Gasteiger partial charge in [0.15, 0.2) is 0 Å². The SMILES string of the molecule is CNC(=O)C1CNCCN1C(C)c1c(C)cc(C)cc1C. The average molecular weight is 289 g/mol. The first-order valence-electron chi connectivity index (χ1n) is 7.71. The third-order valence-corrected chi connectivity index (χ3v) is 4.49.